The van der Waals surface area contributed by atoms with Crippen LogP contribution in [-0.4, -0.2) is 29.6 Å². The van der Waals surface area contributed by atoms with Crippen LogP contribution in [0.3, 0.4) is 0 Å². The van der Waals surface area contributed by atoms with Gasteiger partial charge in [0.25, 0.3) is 0 Å². The Bertz CT molecular complexity index is 173. The SMILES string of the molecule is COc1ccs[c]1[SnH]. The normalized spacial score (nSPS) is 9.25. The Labute approximate surface area is 65.8 Å². The number of hydrogen-bond donors (Lipinski definition) is 0. The Morgan fingerprint density at radius 3 is 2.75 bits per heavy atom. The van der Waals surface area contributed by atoms with Gasteiger partial charge in [0, 0.05) is 0 Å². The van der Waals surface area contributed by atoms with E-state index in [0.29, 0.717) is 0 Å². The Balaban J connectivity index is 2.92. The van der Waals surface area contributed by atoms with Crippen molar-refractivity contribution < 1.29 is 4.74 Å². The average molecular weight is 233 g/mol. The van der Waals surface area contributed by atoms with E-state index < -0.39 is 0 Å². The molecule has 0 aliphatic heterocycles. The maximum absolute atomic E-state index is 5.03. The van der Waals surface area contributed by atoms with Crippen molar-refractivity contribution in [2.45, 2.75) is 0 Å². The number of rotatable bonds is 1. The third-order valence-electron chi connectivity index (χ3n) is 0.877. The first-order valence-corrected chi connectivity index (χ1v) is 4.74. The third kappa shape index (κ3) is 1.17. The van der Waals surface area contributed by atoms with Crippen molar-refractivity contribution in [2.24, 2.45) is 0 Å². The van der Waals surface area contributed by atoms with Gasteiger partial charge in [-0.25, -0.2) is 0 Å². The van der Waals surface area contributed by atoms with Crippen LogP contribution in [0.1, 0.15) is 0 Å². The van der Waals surface area contributed by atoms with Crippen molar-refractivity contribution in [3.8, 4) is 5.75 Å². The van der Waals surface area contributed by atoms with E-state index in [9.17, 15) is 0 Å². The average Bonchev–Trinajstić information content (AvgIpc) is 2.14. The molecule has 1 heterocycles. The van der Waals surface area contributed by atoms with Gasteiger partial charge in [-0.3, -0.25) is 0 Å². The summed E-state index contributed by atoms with van der Waals surface area (Å²) in [6.07, 6.45) is 0. The minimum absolute atomic E-state index is 1.05. The molecule has 0 N–H and O–H groups in total. The summed E-state index contributed by atoms with van der Waals surface area (Å²) in [6, 6.07) is 2.00. The van der Waals surface area contributed by atoms with Crippen molar-refractivity contribution in [3.63, 3.8) is 0 Å². The molecule has 1 aromatic heterocycles. The summed E-state index contributed by atoms with van der Waals surface area (Å²) in [5, 5.41) is 2.05. The summed E-state index contributed by atoms with van der Waals surface area (Å²) >= 11 is 2.92. The molecule has 2 radical (unpaired) electrons. The fourth-order valence-corrected chi connectivity index (χ4v) is 2.37. The molecule has 0 aliphatic rings. The standard InChI is InChI=1S/C5H5OS.Sn.H/c1-6-5-2-3-7-4-5;;/h2-3H,1H3;;. The monoisotopic (exact) mass is 234 g/mol. The Morgan fingerprint density at radius 2 is 2.50 bits per heavy atom. The fraction of sp³-hybridized carbons (Fsp3) is 0.200. The number of thiophene rings is 1. The van der Waals surface area contributed by atoms with Crippen LogP contribution in [0.2, 0.25) is 0 Å². The van der Waals surface area contributed by atoms with Gasteiger partial charge in [-0.05, 0) is 0 Å². The van der Waals surface area contributed by atoms with Crippen molar-refractivity contribution in [3.05, 3.63) is 11.4 Å². The molecule has 0 atom stereocenters. The van der Waals surface area contributed by atoms with Crippen LogP contribution < -0.4 is 7.63 Å². The van der Waals surface area contributed by atoms with E-state index in [0.717, 1.165) is 28.3 Å². The minimum atomic E-state index is 1.05. The summed E-state index contributed by atoms with van der Waals surface area (Å²) in [5.41, 5.74) is 0. The molecule has 0 aliphatic carbocycles. The fourth-order valence-electron chi connectivity index (χ4n) is 0.478. The van der Waals surface area contributed by atoms with E-state index in [1.807, 2.05) is 6.07 Å². The molecule has 42 valence electrons. The summed E-state index contributed by atoms with van der Waals surface area (Å²) in [4.78, 5) is 0. The summed E-state index contributed by atoms with van der Waals surface area (Å²) in [7, 11) is 1.71. The van der Waals surface area contributed by atoms with Crippen LogP contribution in [0.25, 0.3) is 0 Å². The predicted octanol–water partition coefficient (Wildman–Crippen LogP) is 0.283. The van der Waals surface area contributed by atoms with Gasteiger partial charge in [0.15, 0.2) is 0 Å². The molecule has 0 saturated heterocycles. The zero-order valence-corrected chi connectivity index (χ0v) is 8.66. The molecule has 0 saturated carbocycles. The van der Waals surface area contributed by atoms with Gasteiger partial charge in [-0.1, -0.05) is 0 Å². The molecule has 1 nitrogen and oxygen atoms in total. The van der Waals surface area contributed by atoms with Gasteiger partial charge < -0.3 is 0 Å². The Morgan fingerprint density at radius 1 is 1.75 bits per heavy atom. The van der Waals surface area contributed by atoms with Gasteiger partial charge in [-0.15, -0.1) is 0 Å². The quantitative estimate of drug-likeness (QED) is 0.633. The molecule has 0 bridgehead atoms. The molecular weight excluding hydrogens is 227 g/mol. The van der Waals surface area contributed by atoms with Crippen molar-refractivity contribution in [1.29, 1.82) is 0 Å². The summed E-state index contributed by atoms with van der Waals surface area (Å²) < 4.78 is 6.40. The maximum atomic E-state index is 5.03. The van der Waals surface area contributed by atoms with Crippen molar-refractivity contribution in [2.75, 3.05) is 7.11 Å². The number of hydrogen-bond acceptors (Lipinski definition) is 2. The van der Waals surface area contributed by atoms with Gasteiger partial charge in [0.1, 0.15) is 0 Å². The van der Waals surface area contributed by atoms with Crippen molar-refractivity contribution >= 4 is 36.8 Å². The van der Waals surface area contributed by atoms with E-state index in [-0.39, 0.29) is 0 Å². The molecular formula is C5H6OSSn. The second kappa shape index (κ2) is 2.73. The first-order chi connectivity index (χ1) is 3.84. The third-order valence-corrected chi connectivity index (χ3v) is 3.58. The molecule has 0 fully saturated rings. The summed E-state index contributed by atoms with van der Waals surface area (Å²) in [6.45, 7) is 0. The van der Waals surface area contributed by atoms with Crippen LogP contribution in [0.4, 0.5) is 0 Å². The van der Waals surface area contributed by atoms with Gasteiger partial charge in [0.2, 0.25) is 0 Å². The topological polar surface area (TPSA) is 9.23 Å². The van der Waals surface area contributed by atoms with Crippen LogP contribution >= 0.6 is 11.3 Å². The van der Waals surface area contributed by atoms with Crippen molar-refractivity contribution in [1.82, 2.24) is 0 Å². The van der Waals surface area contributed by atoms with Crippen LogP contribution in [0.15, 0.2) is 11.4 Å². The van der Waals surface area contributed by atoms with E-state index in [1.165, 1.54) is 2.89 Å². The number of ether oxygens (including phenoxy) is 1. The van der Waals surface area contributed by atoms with Gasteiger partial charge in [-0.2, -0.15) is 0 Å². The van der Waals surface area contributed by atoms with Crippen LogP contribution in [0, 0.1) is 0 Å². The predicted molar refractivity (Wildman–Crippen MR) is 37.7 cm³/mol. The molecule has 1 aromatic rings. The van der Waals surface area contributed by atoms with Gasteiger partial charge in [0.05, 0.1) is 0 Å². The molecule has 0 unspecified atom stereocenters. The van der Waals surface area contributed by atoms with Gasteiger partial charge >= 0.3 is 65.8 Å². The van der Waals surface area contributed by atoms with Crippen LogP contribution in [0.5, 0.6) is 5.75 Å². The summed E-state index contributed by atoms with van der Waals surface area (Å²) in [5.74, 6) is 1.05. The van der Waals surface area contributed by atoms with E-state index in [2.05, 4.69) is 5.38 Å². The molecule has 0 spiro atoms. The second-order valence-electron chi connectivity index (χ2n) is 1.35. The first-order valence-electron chi connectivity index (χ1n) is 2.21. The van der Waals surface area contributed by atoms with E-state index >= 15 is 0 Å². The zero-order chi connectivity index (χ0) is 5.98. The Hall–Kier alpha value is 0.299. The molecule has 0 aromatic carbocycles. The zero-order valence-electron chi connectivity index (χ0n) is 4.55. The van der Waals surface area contributed by atoms with E-state index in [1.54, 1.807) is 18.4 Å². The second-order valence-corrected chi connectivity index (χ2v) is 5.14. The Kier molecular flexibility index (Phi) is 2.19. The molecule has 0 amide bonds. The number of methoxy groups -OCH3 is 1. The molecule has 8 heavy (non-hydrogen) atoms. The molecule has 3 heteroatoms. The first kappa shape index (κ1) is 6.42. The van der Waals surface area contributed by atoms with Crippen LogP contribution in [-0.2, 0) is 0 Å². The van der Waals surface area contributed by atoms with E-state index in [4.69, 9.17) is 4.74 Å². The molecule has 1 rings (SSSR count).